The summed E-state index contributed by atoms with van der Waals surface area (Å²) >= 11 is 0. The number of hydrogen-bond donors (Lipinski definition) is 1. The molecule has 7 heteroatoms. The third-order valence-corrected chi connectivity index (χ3v) is 6.23. The molecule has 4 aromatic rings. The van der Waals surface area contributed by atoms with Crippen molar-refractivity contribution in [2.45, 2.75) is 25.2 Å². The van der Waals surface area contributed by atoms with Gasteiger partial charge in [0, 0.05) is 30.4 Å². The Bertz CT molecular complexity index is 1260. The first-order chi connectivity index (χ1) is 16.1. The zero-order chi connectivity index (χ0) is 22.8. The summed E-state index contributed by atoms with van der Waals surface area (Å²) in [5.41, 5.74) is 2.64. The molecule has 1 amide bonds. The second-order valence-corrected chi connectivity index (χ2v) is 8.42. The fourth-order valence-corrected chi connectivity index (χ4v) is 4.42. The van der Waals surface area contributed by atoms with E-state index >= 15 is 0 Å². The molecule has 5 rings (SSSR count). The second kappa shape index (κ2) is 9.02. The lowest BCUT2D eigenvalue weighted by molar-refractivity contribution is 0.0693. The fraction of sp³-hybridized carbons (Fsp3) is 0.308. The molecule has 170 valence electrons. The Labute approximate surface area is 192 Å². The van der Waals surface area contributed by atoms with Crippen molar-refractivity contribution in [1.29, 1.82) is 0 Å². The molecular formula is C26H27N3O4. The van der Waals surface area contributed by atoms with E-state index in [0.717, 1.165) is 53.1 Å². The molecule has 0 bridgehead atoms. The molecule has 0 aliphatic carbocycles. The van der Waals surface area contributed by atoms with Gasteiger partial charge < -0.3 is 23.8 Å². The first kappa shape index (κ1) is 21.1. The van der Waals surface area contributed by atoms with Crippen LogP contribution in [0.5, 0.6) is 11.5 Å². The maximum absolute atomic E-state index is 13.2. The Balaban J connectivity index is 1.27. The highest BCUT2D eigenvalue weighted by atomic mass is 16.5. The van der Waals surface area contributed by atoms with Crippen LogP contribution in [0.25, 0.3) is 10.9 Å². The van der Waals surface area contributed by atoms with Gasteiger partial charge in [-0.2, -0.15) is 0 Å². The second-order valence-electron chi connectivity index (χ2n) is 8.42. The van der Waals surface area contributed by atoms with E-state index in [9.17, 15) is 4.79 Å². The van der Waals surface area contributed by atoms with Crippen molar-refractivity contribution in [2.75, 3.05) is 27.3 Å². The number of nitrogens with zero attached hydrogens (tertiary/aromatic N) is 2. The molecule has 1 aliphatic rings. The van der Waals surface area contributed by atoms with Gasteiger partial charge in [-0.05, 0) is 54.8 Å². The summed E-state index contributed by atoms with van der Waals surface area (Å²) in [5, 5.41) is 0.960. The van der Waals surface area contributed by atoms with Crippen LogP contribution in [-0.2, 0) is 6.42 Å². The van der Waals surface area contributed by atoms with Crippen LogP contribution in [0.15, 0.2) is 59.1 Å². The van der Waals surface area contributed by atoms with Crippen LogP contribution in [0, 0.1) is 0 Å². The van der Waals surface area contributed by atoms with Gasteiger partial charge in [0.15, 0.2) is 5.89 Å². The molecule has 2 aromatic carbocycles. The Morgan fingerprint density at radius 3 is 2.70 bits per heavy atom. The minimum Gasteiger partial charge on any atom is -0.497 e. The third kappa shape index (κ3) is 4.44. The SMILES string of the molecule is COc1ccc(Cc2cnc(C3CCCN(C(=O)c4cc5cc(OC)ccc5[nH]4)C3)o2)cc1. The first-order valence-electron chi connectivity index (χ1n) is 11.2. The number of rotatable bonds is 6. The number of likely N-dealkylation sites (tertiary alicyclic amines) is 1. The van der Waals surface area contributed by atoms with Gasteiger partial charge in [-0.1, -0.05) is 12.1 Å². The number of carbonyl (C=O) groups is 1. The van der Waals surface area contributed by atoms with Crippen LogP contribution in [-0.4, -0.2) is 48.1 Å². The highest BCUT2D eigenvalue weighted by Gasteiger charge is 2.29. The van der Waals surface area contributed by atoms with E-state index in [1.165, 1.54) is 0 Å². The number of fused-ring (bicyclic) bond motifs is 1. The van der Waals surface area contributed by atoms with Crippen molar-refractivity contribution >= 4 is 16.8 Å². The number of oxazole rings is 1. The van der Waals surface area contributed by atoms with E-state index < -0.39 is 0 Å². The summed E-state index contributed by atoms with van der Waals surface area (Å²) in [5.74, 6) is 3.23. The van der Waals surface area contributed by atoms with Gasteiger partial charge in [-0.25, -0.2) is 4.98 Å². The fourth-order valence-electron chi connectivity index (χ4n) is 4.42. The normalized spacial score (nSPS) is 16.2. The molecule has 1 fully saturated rings. The Morgan fingerprint density at radius 1 is 1.12 bits per heavy atom. The smallest absolute Gasteiger partial charge is 0.270 e. The van der Waals surface area contributed by atoms with Crippen LogP contribution in [0.3, 0.4) is 0 Å². The lowest BCUT2D eigenvalue weighted by Crippen LogP contribution is -2.39. The summed E-state index contributed by atoms with van der Waals surface area (Å²) in [4.78, 5) is 22.9. The predicted octanol–water partition coefficient (Wildman–Crippen LogP) is 4.78. The monoisotopic (exact) mass is 445 g/mol. The van der Waals surface area contributed by atoms with Crippen molar-refractivity contribution in [3.63, 3.8) is 0 Å². The average Bonchev–Trinajstić information content (AvgIpc) is 3.51. The molecule has 0 saturated carbocycles. The number of methoxy groups -OCH3 is 2. The molecule has 1 N–H and O–H groups in total. The van der Waals surface area contributed by atoms with Gasteiger partial charge in [-0.3, -0.25) is 4.79 Å². The molecular weight excluding hydrogens is 418 g/mol. The number of aromatic amines is 1. The molecule has 1 atom stereocenters. The Hall–Kier alpha value is -3.74. The molecule has 1 saturated heterocycles. The molecule has 1 aliphatic heterocycles. The number of piperidine rings is 1. The Kier molecular flexibility index (Phi) is 5.77. The molecule has 33 heavy (non-hydrogen) atoms. The quantitative estimate of drug-likeness (QED) is 0.462. The number of carbonyl (C=O) groups excluding carboxylic acids is 1. The van der Waals surface area contributed by atoms with E-state index in [-0.39, 0.29) is 11.8 Å². The van der Waals surface area contributed by atoms with E-state index in [4.69, 9.17) is 13.9 Å². The summed E-state index contributed by atoms with van der Waals surface area (Å²) in [6.45, 7) is 1.33. The summed E-state index contributed by atoms with van der Waals surface area (Å²) in [7, 11) is 3.30. The molecule has 2 aromatic heterocycles. The largest absolute Gasteiger partial charge is 0.497 e. The van der Waals surface area contributed by atoms with E-state index in [1.54, 1.807) is 20.4 Å². The number of hydrogen-bond acceptors (Lipinski definition) is 5. The number of aromatic nitrogens is 2. The van der Waals surface area contributed by atoms with E-state index in [0.29, 0.717) is 24.6 Å². The number of H-pyrrole nitrogens is 1. The molecule has 1 unspecified atom stereocenters. The zero-order valence-corrected chi connectivity index (χ0v) is 18.8. The Morgan fingerprint density at radius 2 is 1.91 bits per heavy atom. The molecule has 7 nitrogen and oxygen atoms in total. The van der Waals surface area contributed by atoms with Crippen LogP contribution in [0.4, 0.5) is 0 Å². The van der Waals surface area contributed by atoms with Crippen molar-refractivity contribution in [3.8, 4) is 11.5 Å². The minimum absolute atomic E-state index is 0.000112. The van der Waals surface area contributed by atoms with Gasteiger partial charge in [-0.15, -0.1) is 0 Å². The molecule has 3 heterocycles. The maximum Gasteiger partial charge on any atom is 0.270 e. The maximum atomic E-state index is 13.2. The molecule has 0 spiro atoms. The van der Waals surface area contributed by atoms with Crippen molar-refractivity contribution in [1.82, 2.24) is 14.9 Å². The van der Waals surface area contributed by atoms with Crippen LogP contribution in [0.1, 0.15) is 46.5 Å². The van der Waals surface area contributed by atoms with Crippen LogP contribution < -0.4 is 9.47 Å². The summed E-state index contributed by atoms with van der Waals surface area (Å²) < 4.78 is 16.6. The van der Waals surface area contributed by atoms with E-state index in [2.05, 4.69) is 9.97 Å². The number of nitrogens with one attached hydrogen (secondary N) is 1. The lowest BCUT2D eigenvalue weighted by Gasteiger charge is -2.31. The third-order valence-electron chi connectivity index (χ3n) is 6.23. The van der Waals surface area contributed by atoms with Gasteiger partial charge >= 0.3 is 0 Å². The lowest BCUT2D eigenvalue weighted by atomic mass is 9.97. The number of benzene rings is 2. The van der Waals surface area contributed by atoms with Crippen molar-refractivity contribution < 1.29 is 18.7 Å². The standard InChI is InChI=1S/C26H27N3O4/c1-31-20-7-5-17(6-8-20)12-22-15-27-25(33-22)18-4-3-11-29(16-18)26(30)24-14-19-13-21(32-2)9-10-23(19)28-24/h5-10,13-15,18,28H,3-4,11-12,16H2,1-2H3. The van der Waals surface area contributed by atoms with Gasteiger partial charge in [0.25, 0.3) is 5.91 Å². The van der Waals surface area contributed by atoms with Gasteiger partial charge in [0.1, 0.15) is 23.0 Å². The topological polar surface area (TPSA) is 80.6 Å². The first-order valence-corrected chi connectivity index (χ1v) is 11.2. The predicted molar refractivity (Wildman–Crippen MR) is 125 cm³/mol. The van der Waals surface area contributed by atoms with Crippen LogP contribution >= 0.6 is 0 Å². The highest BCUT2D eigenvalue weighted by Crippen LogP contribution is 2.29. The average molecular weight is 446 g/mol. The summed E-state index contributed by atoms with van der Waals surface area (Å²) in [6, 6.07) is 15.6. The minimum atomic E-state index is -0.000112. The van der Waals surface area contributed by atoms with Gasteiger partial charge in [0.2, 0.25) is 0 Å². The van der Waals surface area contributed by atoms with Crippen molar-refractivity contribution in [2.24, 2.45) is 0 Å². The van der Waals surface area contributed by atoms with E-state index in [1.807, 2.05) is 53.4 Å². The summed E-state index contributed by atoms with van der Waals surface area (Å²) in [6.07, 6.45) is 4.34. The number of ether oxygens (including phenoxy) is 2. The van der Waals surface area contributed by atoms with Crippen molar-refractivity contribution in [3.05, 3.63) is 77.6 Å². The van der Waals surface area contributed by atoms with Crippen LogP contribution in [0.2, 0.25) is 0 Å². The molecule has 0 radical (unpaired) electrons. The van der Waals surface area contributed by atoms with Gasteiger partial charge in [0.05, 0.1) is 26.3 Å². The zero-order valence-electron chi connectivity index (χ0n) is 18.8. The highest BCUT2D eigenvalue weighted by molar-refractivity contribution is 5.98. The number of amides is 1.